The maximum absolute atomic E-state index is 5.96. The van der Waals surface area contributed by atoms with Gasteiger partial charge in [-0.15, -0.1) is 0 Å². The zero-order chi connectivity index (χ0) is 19.2. The van der Waals surface area contributed by atoms with E-state index in [2.05, 4.69) is 27.1 Å². The highest BCUT2D eigenvalue weighted by Gasteiger charge is 2.26. The normalized spacial score (nSPS) is 19.5. The number of nitrogens with zero attached hydrogens (tertiary/aromatic N) is 5. The second-order valence-corrected chi connectivity index (χ2v) is 6.94. The summed E-state index contributed by atoms with van der Waals surface area (Å²) >= 11 is 0. The van der Waals surface area contributed by atoms with Crippen LogP contribution in [0.3, 0.4) is 0 Å². The van der Waals surface area contributed by atoms with Gasteiger partial charge in [0.25, 0.3) is 0 Å². The van der Waals surface area contributed by atoms with Gasteiger partial charge in [0, 0.05) is 31.9 Å². The first-order valence-corrected chi connectivity index (χ1v) is 9.41. The van der Waals surface area contributed by atoms with Crippen molar-refractivity contribution in [3.8, 4) is 0 Å². The van der Waals surface area contributed by atoms with Gasteiger partial charge in [-0.05, 0) is 33.2 Å². The van der Waals surface area contributed by atoms with E-state index in [0.717, 1.165) is 36.9 Å². The summed E-state index contributed by atoms with van der Waals surface area (Å²) in [6.07, 6.45) is 5.60. The van der Waals surface area contributed by atoms with E-state index >= 15 is 0 Å². The van der Waals surface area contributed by atoms with Crippen LogP contribution in [0.4, 0.5) is 0 Å². The molecule has 1 N–H and O–H groups in total. The minimum Gasteiger partial charge on any atom is -0.468 e. The number of aliphatic imine (C=N–C) groups is 1. The van der Waals surface area contributed by atoms with Gasteiger partial charge in [-0.2, -0.15) is 5.10 Å². The van der Waals surface area contributed by atoms with Crippen LogP contribution in [0.25, 0.3) is 0 Å². The number of furan rings is 1. The SMILES string of the molecule is CCNC(=NCC(c1ccco1)N(C)C)N1CCOC(c2cnn(C)c2)C1. The second-order valence-electron chi connectivity index (χ2n) is 6.94. The Morgan fingerprint density at radius 2 is 2.33 bits per heavy atom. The lowest BCUT2D eigenvalue weighted by atomic mass is 10.1. The van der Waals surface area contributed by atoms with E-state index in [4.69, 9.17) is 14.1 Å². The molecule has 148 valence electrons. The molecule has 2 unspecified atom stereocenters. The van der Waals surface area contributed by atoms with Crippen LogP contribution in [-0.2, 0) is 11.8 Å². The number of morpholine rings is 1. The Labute approximate surface area is 160 Å². The van der Waals surface area contributed by atoms with Crippen LogP contribution in [0.5, 0.6) is 0 Å². The van der Waals surface area contributed by atoms with Crippen LogP contribution in [0.15, 0.2) is 40.2 Å². The Bertz CT molecular complexity index is 724. The third kappa shape index (κ3) is 4.90. The number of likely N-dealkylation sites (N-methyl/N-ethyl adjacent to an activating group) is 1. The molecule has 1 aliphatic rings. The van der Waals surface area contributed by atoms with Crippen molar-refractivity contribution in [3.05, 3.63) is 42.1 Å². The molecule has 0 saturated carbocycles. The van der Waals surface area contributed by atoms with Crippen LogP contribution in [-0.4, -0.2) is 72.4 Å². The van der Waals surface area contributed by atoms with Crippen molar-refractivity contribution in [1.29, 1.82) is 0 Å². The van der Waals surface area contributed by atoms with Gasteiger partial charge in [0.1, 0.15) is 11.9 Å². The molecule has 8 heteroatoms. The van der Waals surface area contributed by atoms with Gasteiger partial charge in [-0.25, -0.2) is 0 Å². The van der Waals surface area contributed by atoms with Crippen LogP contribution in [0.2, 0.25) is 0 Å². The van der Waals surface area contributed by atoms with Gasteiger partial charge in [0.2, 0.25) is 0 Å². The Kier molecular flexibility index (Phi) is 6.52. The second kappa shape index (κ2) is 9.05. The van der Waals surface area contributed by atoms with Crippen molar-refractivity contribution in [2.75, 3.05) is 46.9 Å². The largest absolute Gasteiger partial charge is 0.468 e. The molecule has 0 aromatic carbocycles. The van der Waals surface area contributed by atoms with Crippen LogP contribution < -0.4 is 5.32 Å². The molecule has 0 bridgehead atoms. The molecule has 1 aliphatic heterocycles. The van der Waals surface area contributed by atoms with Gasteiger partial charge < -0.3 is 19.4 Å². The minimum atomic E-state index is 0.00558. The van der Waals surface area contributed by atoms with Crippen molar-refractivity contribution in [1.82, 2.24) is 24.9 Å². The minimum absolute atomic E-state index is 0.00558. The molecule has 2 aromatic rings. The van der Waals surface area contributed by atoms with E-state index < -0.39 is 0 Å². The smallest absolute Gasteiger partial charge is 0.194 e. The third-order valence-electron chi connectivity index (χ3n) is 4.71. The molecule has 3 heterocycles. The Morgan fingerprint density at radius 3 is 2.96 bits per heavy atom. The lowest BCUT2D eigenvalue weighted by Gasteiger charge is -2.35. The maximum atomic E-state index is 5.96. The highest BCUT2D eigenvalue weighted by atomic mass is 16.5. The fraction of sp³-hybridized carbons (Fsp3) is 0.579. The summed E-state index contributed by atoms with van der Waals surface area (Å²) in [5, 5.41) is 7.68. The van der Waals surface area contributed by atoms with E-state index in [1.54, 1.807) is 6.26 Å². The third-order valence-corrected chi connectivity index (χ3v) is 4.71. The van der Waals surface area contributed by atoms with Crippen molar-refractivity contribution in [2.24, 2.45) is 12.0 Å². The van der Waals surface area contributed by atoms with Gasteiger partial charge in [-0.3, -0.25) is 14.6 Å². The number of aryl methyl sites for hydroxylation is 1. The first-order valence-electron chi connectivity index (χ1n) is 9.41. The number of hydrogen-bond acceptors (Lipinski definition) is 5. The highest BCUT2D eigenvalue weighted by Crippen LogP contribution is 2.22. The predicted molar refractivity (Wildman–Crippen MR) is 105 cm³/mol. The fourth-order valence-electron chi connectivity index (χ4n) is 3.24. The summed E-state index contributed by atoms with van der Waals surface area (Å²) in [7, 11) is 6.01. The molecular formula is C19H30N6O2. The average molecular weight is 374 g/mol. The van der Waals surface area contributed by atoms with Crippen LogP contribution in [0, 0.1) is 0 Å². The Balaban J connectivity index is 1.72. The summed E-state index contributed by atoms with van der Waals surface area (Å²) in [6, 6.07) is 4.02. The molecule has 3 rings (SSSR count). The number of guanidine groups is 1. The standard InChI is InChI=1S/C19H30N6O2/c1-5-20-19(21-12-16(23(2)3)17-7-6-9-26-17)25-8-10-27-18(14-25)15-11-22-24(4)13-15/h6-7,9,11,13,16,18H,5,8,10,12,14H2,1-4H3,(H,20,21). The molecule has 27 heavy (non-hydrogen) atoms. The van der Waals surface area contributed by atoms with Crippen LogP contribution >= 0.6 is 0 Å². The number of hydrogen-bond donors (Lipinski definition) is 1. The summed E-state index contributed by atoms with van der Waals surface area (Å²) in [4.78, 5) is 9.29. The highest BCUT2D eigenvalue weighted by molar-refractivity contribution is 5.80. The topological polar surface area (TPSA) is 71.1 Å². The summed E-state index contributed by atoms with van der Waals surface area (Å²) < 4.78 is 13.4. The fourth-order valence-corrected chi connectivity index (χ4v) is 3.24. The summed E-state index contributed by atoms with van der Waals surface area (Å²) in [5.41, 5.74) is 1.10. The van der Waals surface area contributed by atoms with Crippen molar-refractivity contribution in [3.63, 3.8) is 0 Å². The predicted octanol–water partition coefficient (Wildman–Crippen LogP) is 1.65. The quantitative estimate of drug-likeness (QED) is 0.612. The molecule has 8 nitrogen and oxygen atoms in total. The molecule has 2 atom stereocenters. The maximum Gasteiger partial charge on any atom is 0.194 e. The number of aromatic nitrogens is 2. The van der Waals surface area contributed by atoms with Crippen molar-refractivity contribution >= 4 is 5.96 Å². The molecule has 0 amide bonds. The lowest BCUT2D eigenvalue weighted by Crippen LogP contribution is -2.48. The number of ether oxygens (including phenoxy) is 1. The van der Waals surface area contributed by atoms with E-state index in [0.29, 0.717) is 13.2 Å². The Hall–Kier alpha value is -2.32. The van der Waals surface area contributed by atoms with Crippen LogP contribution in [0.1, 0.15) is 30.4 Å². The van der Waals surface area contributed by atoms with Gasteiger partial charge >= 0.3 is 0 Å². The van der Waals surface area contributed by atoms with Gasteiger partial charge in [0.15, 0.2) is 5.96 Å². The first kappa shape index (κ1) is 19.4. The number of rotatable bonds is 6. The molecular weight excluding hydrogens is 344 g/mol. The van der Waals surface area contributed by atoms with E-state index in [1.807, 2.05) is 50.4 Å². The zero-order valence-corrected chi connectivity index (χ0v) is 16.6. The lowest BCUT2D eigenvalue weighted by molar-refractivity contribution is -0.00808. The van der Waals surface area contributed by atoms with Gasteiger partial charge in [-0.1, -0.05) is 0 Å². The molecule has 0 spiro atoms. The molecule has 1 fully saturated rings. The monoisotopic (exact) mass is 374 g/mol. The van der Waals surface area contributed by atoms with E-state index in [1.165, 1.54) is 0 Å². The Morgan fingerprint density at radius 1 is 1.48 bits per heavy atom. The molecule has 2 aromatic heterocycles. The zero-order valence-electron chi connectivity index (χ0n) is 16.6. The van der Waals surface area contributed by atoms with E-state index in [-0.39, 0.29) is 12.1 Å². The van der Waals surface area contributed by atoms with E-state index in [9.17, 15) is 0 Å². The molecule has 0 radical (unpaired) electrons. The summed E-state index contributed by atoms with van der Waals surface area (Å²) in [5.74, 6) is 1.84. The summed E-state index contributed by atoms with van der Waals surface area (Å²) in [6.45, 7) is 5.77. The first-order chi connectivity index (χ1) is 13.1. The average Bonchev–Trinajstić information content (AvgIpc) is 3.33. The molecule has 1 saturated heterocycles. The number of nitrogens with one attached hydrogen (secondary N) is 1. The van der Waals surface area contributed by atoms with Crippen molar-refractivity contribution in [2.45, 2.75) is 19.1 Å². The molecule has 0 aliphatic carbocycles. The van der Waals surface area contributed by atoms with Crippen molar-refractivity contribution < 1.29 is 9.15 Å². The van der Waals surface area contributed by atoms with Gasteiger partial charge in [0.05, 0.1) is 38.2 Å².